The number of piperidine rings is 1. The van der Waals surface area contributed by atoms with Crippen LogP contribution in [0.5, 0.6) is 0 Å². The molecule has 1 aromatic heterocycles. The van der Waals surface area contributed by atoms with E-state index in [9.17, 15) is 0 Å². The summed E-state index contributed by atoms with van der Waals surface area (Å²) in [7, 11) is 2.22. The van der Waals surface area contributed by atoms with Gasteiger partial charge in [-0.2, -0.15) is 0 Å². The molecule has 0 aliphatic carbocycles. The van der Waals surface area contributed by atoms with Gasteiger partial charge in [0.2, 0.25) is 0 Å². The minimum absolute atomic E-state index is 0.561. The van der Waals surface area contributed by atoms with Gasteiger partial charge in [0.05, 0.1) is 11.0 Å². The molecule has 2 aromatic rings. The van der Waals surface area contributed by atoms with E-state index in [1.54, 1.807) is 0 Å². The second-order valence-electron chi connectivity index (χ2n) is 6.40. The number of imidazole rings is 1. The van der Waals surface area contributed by atoms with Gasteiger partial charge in [-0.3, -0.25) is 0 Å². The molecule has 1 fully saturated rings. The van der Waals surface area contributed by atoms with Gasteiger partial charge in [0, 0.05) is 30.7 Å². The number of nitrogens with two attached hydrogens (primary N) is 1. The van der Waals surface area contributed by atoms with E-state index < -0.39 is 0 Å². The van der Waals surface area contributed by atoms with E-state index in [-0.39, 0.29) is 0 Å². The average Bonchev–Trinajstić information content (AvgIpc) is 2.79. The molecule has 2 atom stereocenters. The molecule has 1 aromatic carbocycles. The summed E-state index contributed by atoms with van der Waals surface area (Å²) in [5.41, 5.74) is 9.01. The Labute approximate surface area is 126 Å². The number of aromatic nitrogens is 2. The van der Waals surface area contributed by atoms with Gasteiger partial charge in [-0.25, -0.2) is 4.98 Å². The quantitative estimate of drug-likeness (QED) is 0.881. The number of nitrogen functional groups attached to an aromatic ring is 1. The Morgan fingerprint density at radius 2 is 2.19 bits per heavy atom. The largest absolute Gasteiger partial charge is 0.399 e. The fourth-order valence-electron chi connectivity index (χ4n) is 3.47. The maximum Gasteiger partial charge on any atom is 0.110 e. The van der Waals surface area contributed by atoms with Crippen LogP contribution in [0.15, 0.2) is 18.2 Å². The van der Waals surface area contributed by atoms with Crippen molar-refractivity contribution < 1.29 is 0 Å². The first-order chi connectivity index (χ1) is 10.1. The van der Waals surface area contributed by atoms with Crippen molar-refractivity contribution in [3.05, 3.63) is 24.0 Å². The highest BCUT2D eigenvalue weighted by Crippen LogP contribution is 2.32. The molecule has 1 saturated heterocycles. The molecule has 21 heavy (non-hydrogen) atoms. The zero-order chi connectivity index (χ0) is 15.0. The monoisotopic (exact) mass is 286 g/mol. The number of rotatable bonds is 3. The molecular formula is C17H26N4. The summed E-state index contributed by atoms with van der Waals surface area (Å²) in [4.78, 5) is 7.30. The Balaban J connectivity index is 2.04. The second-order valence-corrected chi connectivity index (χ2v) is 6.40. The lowest BCUT2D eigenvalue weighted by molar-refractivity contribution is 0.157. The summed E-state index contributed by atoms with van der Waals surface area (Å²) in [6, 6.07) is 7.33. The van der Waals surface area contributed by atoms with Crippen molar-refractivity contribution in [2.75, 3.05) is 19.3 Å². The average molecular weight is 286 g/mol. The Morgan fingerprint density at radius 1 is 1.38 bits per heavy atom. The summed E-state index contributed by atoms with van der Waals surface area (Å²) in [6.07, 6.45) is 4.56. The third-order valence-corrected chi connectivity index (χ3v) is 4.81. The first-order valence-electron chi connectivity index (χ1n) is 8.06. The normalized spacial score (nSPS) is 23.8. The summed E-state index contributed by atoms with van der Waals surface area (Å²) < 4.78 is 2.49. The Kier molecular flexibility index (Phi) is 3.89. The number of likely N-dealkylation sites (tertiary alicyclic amines) is 1. The second kappa shape index (κ2) is 5.68. The van der Waals surface area contributed by atoms with Crippen molar-refractivity contribution in [1.29, 1.82) is 0 Å². The van der Waals surface area contributed by atoms with E-state index >= 15 is 0 Å². The van der Waals surface area contributed by atoms with Gasteiger partial charge in [-0.05, 0) is 51.4 Å². The Bertz CT molecular complexity index is 631. The van der Waals surface area contributed by atoms with Crippen LogP contribution in [0.1, 0.15) is 45.0 Å². The molecule has 0 amide bonds. The van der Waals surface area contributed by atoms with Crippen LogP contribution in [0, 0.1) is 0 Å². The van der Waals surface area contributed by atoms with Gasteiger partial charge in [-0.15, -0.1) is 0 Å². The molecule has 2 N–H and O–H groups in total. The predicted molar refractivity (Wildman–Crippen MR) is 88.5 cm³/mol. The minimum Gasteiger partial charge on any atom is -0.399 e. The number of hydrogen-bond acceptors (Lipinski definition) is 3. The first-order valence-corrected chi connectivity index (χ1v) is 8.06. The van der Waals surface area contributed by atoms with Crippen LogP contribution in [0.4, 0.5) is 5.69 Å². The van der Waals surface area contributed by atoms with E-state index in [4.69, 9.17) is 10.7 Å². The predicted octanol–water partition coefficient (Wildman–Crippen LogP) is 3.23. The molecule has 2 heterocycles. The molecule has 114 valence electrons. The summed E-state index contributed by atoms with van der Waals surface area (Å²) in [6.45, 7) is 5.70. The topological polar surface area (TPSA) is 47.1 Å². The molecule has 1 aliphatic rings. The van der Waals surface area contributed by atoms with Gasteiger partial charge in [0.1, 0.15) is 5.82 Å². The molecule has 2 unspecified atom stereocenters. The van der Waals surface area contributed by atoms with Crippen molar-refractivity contribution in [1.82, 2.24) is 14.5 Å². The van der Waals surface area contributed by atoms with Crippen molar-refractivity contribution in [3.63, 3.8) is 0 Å². The maximum atomic E-state index is 5.92. The highest BCUT2D eigenvalue weighted by molar-refractivity contribution is 5.79. The van der Waals surface area contributed by atoms with Crippen LogP contribution in [0.2, 0.25) is 0 Å². The van der Waals surface area contributed by atoms with Crippen LogP contribution < -0.4 is 5.73 Å². The molecular weight excluding hydrogens is 260 g/mol. The minimum atomic E-state index is 0.561. The molecule has 0 radical (unpaired) electrons. The van der Waals surface area contributed by atoms with Crippen LogP contribution in [0.25, 0.3) is 11.0 Å². The third-order valence-electron chi connectivity index (χ3n) is 4.81. The lowest BCUT2D eigenvalue weighted by Gasteiger charge is -2.36. The first kappa shape index (κ1) is 14.4. The van der Waals surface area contributed by atoms with Gasteiger partial charge in [0.15, 0.2) is 0 Å². The zero-order valence-electron chi connectivity index (χ0n) is 13.3. The van der Waals surface area contributed by atoms with Crippen LogP contribution in [0.3, 0.4) is 0 Å². The van der Waals surface area contributed by atoms with Gasteiger partial charge < -0.3 is 15.2 Å². The van der Waals surface area contributed by atoms with Crippen LogP contribution >= 0.6 is 0 Å². The van der Waals surface area contributed by atoms with E-state index in [1.807, 2.05) is 12.1 Å². The van der Waals surface area contributed by atoms with Crippen molar-refractivity contribution >= 4 is 16.7 Å². The molecule has 0 spiro atoms. The lowest BCUT2D eigenvalue weighted by atomic mass is 9.98. The van der Waals surface area contributed by atoms with Gasteiger partial charge in [0.25, 0.3) is 0 Å². The molecule has 1 aliphatic heterocycles. The number of nitrogens with zero attached hydrogens (tertiary/aromatic N) is 3. The van der Waals surface area contributed by atoms with E-state index in [0.29, 0.717) is 12.1 Å². The molecule has 0 saturated carbocycles. The van der Waals surface area contributed by atoms with Crippen LogP contribution in [-0.2, 0) is 6.42 Å². The molecule has 0 bridgehead atoms. The summed E-state index contributed by atoms with van der Waals surface area (Å²) in [5, 5.41) is 0. The fraction of sp³-hybridized carbons (Fsp3) is 0.588. The maximum absolute atomic E-state index is 5.92. The number of aryl methyl sites for hydroxylation is 1. The van der Waals surface area contributed by atoms with E-state index in [0.717, 1.165) is 30.6 Å². The third kappa shape index (κ3) is 2.64. The van der Waals surface area contributed by atoms with E-state index in [2.05, 4.69) is 36.4 Å². The number of fused-ring (bicyclic) bond motifs is 1. The summed E-state index contributed by atoms with van der Waals surface area (Å²) in [5.74, 6) is 1.22. The zero-order valence-corrected chi connectivity index (χ0v) is 13.3. The van der Waals surface area contributed by atoms with E-state index in [1.165, 1.54) is 24.2 Å². The SMILES string of the molecule is CCCc1nc2cc(N)ccc2n1C1CCN(C)C(C)C1. The standard InChI is InChI=1S/C17H26N4/c1-4-5-17-19-15-11-13(18)6-7-16(15)21(17)14-8-9-20(3)12(2)10-14/h6-7,11-12,14H,4-5,8-10,18H2,1-3H3. The molecule has 3 rings (SSSR count). The molecule has 4 nitrogen and oxygen atoms in total. The highest BCUT2D eigenvalue weighted by Gasteiger charge is 2.26. The van der Waals surface area contributed by atoms with Gasteiger partial charge >= 0.3 is 0 Å². The van der Waals surface area contributed by atoms with Crippen molar-refractivity contribution in [3.8, 4) is 0 Å². The Hall–Kier alpha value is -1.55. The van der Waals surface area contributed by atoms with Crippen molar-refractivity contribution in [2.45, 2.75) is 51.6 Å². The highest BCUT2D eigenvalue weighted by atomic mass is 15.2. The number of anilines is 1. The Morgan fingerprint density at radius 3 is 2.90 bits per heavy atom. The molecule has 4 heteroatoms. The van der Waals surface area contributed by atoms with Gasteiger partial charge in [-0.1, -0.05) is 6.92 Å². The smallest absolute Gasteiger partial charge is 0.110 e. The number of hydrogen-bond donors (Lipinski definition) is 1. The van der Waals surface area contributed by atoms with Crippen LogP contribution in [-0.4, -0.2) is 34.1 Å². The number of benzene rings is 1. The van der Waals surface area contributed by atoms with Crippen molar-refractivity contribution in [2.24, 2.45) is 0 Å². The summed E-state index contributed by atoms with van der Waals surface area (Å²) >= 11 is 0. The fourth-order valence-corrected chi connectivity index (χ4v) is 3.47. The lowest BCUT2D eigenvalue weighted by Crippen LogP contribution is -2.38.